The molecule has 0 radical (unpaired) electrons. The number of methoxy groups -OCH3 is 1. The second-order valence-corrected chi connectivity index (χ2v) is 9.87. The standard InChI is InChI=1S/C24H36O5/c1-23(2)18-10-11-24(23,3)22-17(18)12-21(29-22)28-20(19(25)14-26-4)15-27-13-16-8-6-5-7-9-16/h5-9,17-22,25H,10-15H2,1-4H3/t17-,18+,19-,20-,21-,22-,24-/m0/s1. The fourth-order valence-electron chi connectivity index (χ4n) is 6.15. The first kappa shape index (κ1) is 21.3. The Kier molecular flexibility index (Phi) is 6.07. The molecule has 0 spiro atoms. The van der Waals surface area contributed by atoms with Gasteiger partial charge < -0.3 is 24.1 Å². The second kappa shape index (κ2) is 8.27. The number of hydrogen-bond donors (Lipinski definition) is 1. The van der Waals surface area contributed by atoms with Gasteiger partial charge in [-0.1, -0.05) is 51.1 Å². The predicted octanol–water partition coefficient (Wildman–Crippen LogP) is 3.78. The van der Waals surface area contributed by atoms with Gasteiger partial charge in [0.1, 0.15) is 12.2 Å². The van der Waals surface area contributed by atoms with Crippen LogP contribution in [0.5, 0.6) is 0 Å². The van der Waals surface area contributed by atoms with Crippen LogP contribution >= 0.6 is 0 Å². The van der Waals surface area contributed by atoms with Crippen LogP contribution in [-0.4, -0.2) is 50.0 Å². The summed E-state index contributed by atoms with van der Waals surface area (Å²) >= 11 is 0. The molecule has 29 heavy (non-hydrogen) atoms. The molecular weight excluding hydrogens is 368 g/mol. The molecule has 2 bridgehead atoms. The number of ether oxygens (including phenoxy) is 4. The first-order valence-electron chi connectivity index (χ1n) is 11.0. The molecule has 1 aromatic carbocycles. The highest BCUT2D eigenvalue weighted by molar-refractivity contribution is 5.16. The number of aliphatic hydroxyl groups is 1. The van der Waals surface area contributed by atoms with Gasteiger partial charge in [-0.3, -0.25) is 0 Å². The van der Waals surface area contributed by atoms with E-state index in [0.717, 1.165) is 12.0 Å². The van der Waals surface area contributed by atoms with Crippen LogP contribution in [0.15, 0.2) is 30.3 Å². The lowest BCUT2D eigenvalue weighted by atomic mass is 9.70. The average Bonchev–Trinajstić information content (AvgIpc) is 3.26. The molecule has 2 saturated carbocycles. The van der Waals surface area contributed by atoms with E-state index in [1.807, 2.05) is 30.3 Å². The van der Waals surface area contributed by atoms with Gasteiger partial charge >= 0.3 is 0 Å². The Labute approximate surface area is 174 Å². The van der Waals surface area contributed by atoms with Crippen molar-refractivity contribution in [3.05, 3.63) is 35.9 Å². The maximum atomic E-state index is 10.5. The lowest BCUT2D eigenvalue weighted by molar-refractivity contribution is -0.217. The summed E-state index contributed by atoms with van der Waals surface area (Å²) in [6.07, 6.45) is 2.18. The van der Waals surface area contributed by atoms with Gasteiger partial charge in [0.2, 0.25) is 0 Å². The summed E-state index contributed by atoms with van der Waals surface area (Å²) in [5.74, 6) is 1.25. The van der Waals surface area contributed by atoms with Crippen molar-refractivity contribution >= 4 is 0 Å². The summed E-state index contributed by atoms with van der Waals surface area (Å²) in [5, 5.41) is 10.5. The van der Waals surface area contributed by atoms with Gasteiger partial charge in [-0.15, -0.1) is 0 Å². The molecule has 162 valence electrons. The molecule has 0 unspecified atom stereocenters. The van der Waals surface area contributed by atoms with Crippen LogP contribution in [0, 0.1) is 22.7 Å². The summed E-state index contributed by atoms with van der Waals surface area (Å²) in [7, 11) is 1.59. The van der Waals surface area contributed by atoms with Crippen molar-refractivity contribution in [2.24, 2.45) is 22.7 Å². The average molecular weight is 405 g/mol. The van der Waals surface area contributed by atoms with E-state index in [9.17, 15) is 5.11 Å². The molecule has 2 aliphatic carbocycles. The van der Waals surface area contributed by atoms with Crippen molar-refractivity contribution < 1.29 is 24.1 Å². The molecule has 5 heteroatoms. The second-order valence-electron chi connectivity index (χ2n) is 9.87. The van der Waals surface area contributed by atoms with Gasteiger partial charge in [0.15, 0.2) is 6.29 Å². The minimum absolute atomic E-state index is 0.213. The summed E-state index contributed by atoms with van der Waals surface area (Å²) in [4.78, 5) is 0. The minimum atomic E-state index is -0.747. The first-order valence-corrected chi connectivity index (χ1v) is 11.0. The van der Waals surface area contributed by atoms with Crippen molar-refractivity contribution in [2.45, 2.75) is 71.2 Å². The van der Waals surface area contributed by atoms with Gasteiger partial charge in [0.25, 0.3) is 0 Å². The molecule has 5 nitrogen and oxygen atoms in total. The molecule has 0 aromatic heterocycles. The molecule has 3 aliphatic rings. The van der Waals surface area contributed by atoms with Gasteiger partial charge in [0, 0.05) is 13.5 Å². The Morgan fingerprint density at radius 1 is 1.17 bits per heavy atom. The zero-order chi connectivity index (χ0) is 20.6. The predicted molar refractivity (Wildman–Crippen MR) is 110 cm³/mol. The molecule has 1 saturated heterocycles. The highest BCUT2D eigenvalue weighted by Crippen LogP contribution is 2.71. The number of aliphatic hydroxyl groups excluding tert-OH is 1. The zero-order valence-electron chi connectivity index (χ0n) is 18.2. The molecule has 1 N–H and O–H groups in total. The van der Waals surface area contributed by atoms with Crippen molar-refractivity contribution in [1.29, 1.82) is 0 Å². The van der Waals surface area contributed by atoms with Gasteiger partial charge in [-0.2, -0.15) is 0 Å². The largest absolute Gasteiger partial charge is 0.388 e. The van der Waals surface area contributed by atoms with Crippen LogP contribution in [-0.2, 0) is 25.6 Å². The number of benzene rings is 1. The number of rotatable bonds is 9. The Bertz CT molecular complexity index is 677. The summed E-state index contributed by atoms with van der Waals surface area (Å²) < 4.78 is 23.7. The van der Waals surface area contributed by atoms with E-state index >= 15 is 0 Å². The monoisotopic (exact) mass is 404 g/mol. The van der Waals surface area contributed by atoms with Crippen LogP contribution in [0.3, 0.4) is 0 Å². The third-order valence-corrected chi connectivity index (χ3v) is 8.16. The highest BCUT2D eigenvalue weighted by Gasteiger charge is 2.69. The summed E-state index contributed by atoms with van der Waals surface area (Å²) in [5.41, 5.74) is 1.64. The Hall–Kier alpha value is -0.980. The third kappa shape index (κ3) is 3.77. The molecule has 1 aromatic rings. The third-order valence-electron chi connectivity index (χ3n) is 8.16. The Balaban J connectivity index is 1.36. The molecule has 4 rings (SSSR count). The van der Waals surface area contributed by atoms with Gasteiger partial charge in [-0.05, 0) is 41.1 Å². The molecule has 1 heterocycles. The van der Waals surface area contributed by atoms with Crippen LogP contribution in [0.25, 0.3) is 0 Å². The van der Waals surface area contributed by atoms with Crippen LogP contribution in [0.2, 0.25) is 0 Å². The van der Waals surface area contributed by atoms with Crippen LogP contribution in [0.4, 0.5) is 0 Å². The Morgan fingerprint density at radius 3 is 2.62 bits per heavy atom. The minimum Gasteiger partial charge on any atom is -0.388 e. The molecular formula is C24H36O5. The normalized spacial score (nSPS) is 36.9. The molecule has 0 amide bonds. The summed E-state index contributed by atoms with van der Waals surface area (Å²) in [6, 6.07) is 10.0. The molecule has 1 aliphatic heterocycles. The SMILES string of the molecule is COC[C@H](O)[C@H](COCc1ccccc1)O[C@@H]1C[C@H]2[C@H]3CC[C@@](C)([C@H]2O1)C3(C)C. The van der Waals surface area contributed by atoms with Crippen molar-refractivity contribution in [2.75, 3.05) is 20.3 Å². The van der Waals surface area contributed by atoms with Gasteiger partial charge in [-0.25, -0.2) is 0 Å². The van der Waals surface area contributed by atoms with E-state index in [0.29, 0.717) is 30.5 Å². The van der Waals surface area contributed by atoms with E-state index in [1.165, 1.54) is 12.8 Å². The van der Waals surface area contributed by atoms with Crippen molar-refractivity contribution in [3.63, 3.8) is 0 Å². The van der Waals surface area contributed by atoms with E-state index in [1.54, 1.807) is 7.11 Å². The fraction of sp³-hybridized carbons (Fsp3) is 0.750. The quantitative estimate of drug-likeness (QED) is 0.679. The van der Waals surface area contributed by atoms with E-state index in [2.05, 4.69) is 20.8 Å². The molecule has 3 fully saturated rings. The first-order chi connectivity index (χ1) is 13.9. The Morgan fingerprint density at radius 2 is 1.93 bits per heavy atom. The van der Waals surface area contributed by atoms with Crippen LogP contribution in [0.1, 0.15) is 45.6 Å². The zero-order valence-corrected chi connectivity index (χ0v) is 18.2. The number of fused-ring (bicyclic) bond motifs is 5. The van der Waals surface area contributed by atoms with Crippen molar-refractivity contribution in [3.8, 4) is 0 Å². The summed E-state index contributed by atoms with van der Waals surface area (Å²) in [6.45, 7) is 8.22. The number of hydrogen-bond acceptors (Lipinski definition) is 5. The fourth-order valence-corrected chi connectivity index (χ4v) is 6.15. The van der Waals surface area contributed by atoms with E-state index in [4.69, 9.17) is 18.9 Å². The smallest absolute Gasteiger partial charge is 0.158 e. The van der Waals surface area contributed by atoms with E-state index < -0.39 is 12.2 Å². The lowest BCUT2D eigenvalue weighted by Crippen LogP contribution is -2.41. The maximum absolute atomic E-state index is 10.5. The maximum Gasteiger partial charge on any atom is 0.158 e. The molecule has 7 atom stereocenters. The van der Waals surface area contributed by atoms with E-state index in [-0.39, 0.29) is 24.4 Å². The van der Waals surface area contributed by atoms with Gasteiger partial charge in [0.05, 0.1) is 25.9 Å². The topological polar surface area (TPSA) is 57.2 Å². The van der Waals surface area contributed by atoms with Crippen LogP contribution < -0.4 is 0 Å². The lowest BCUT2D eigenvalue weighted by Gasteiger charge is -2.39. The highest BCUT2D eigenvalue weighted by atomic mass is 16.7. The van der Waals surface area contributed by atoms with Crippen molar-refractivity contribution in [1.82, 2.24) is 0 Å².